The third-order valence-electron chi connectivity index (χ3n) is 4.32. The zero-order valence-corrected chi connectivity index (χ0v) is 17.2. The maximum absolute atomic E-state index is 13.3. The number of carbonyl (C=O) groups excluding carboxylic acids is 2. The largest absolute Gasteiger partial charge is 0.489 e. The second kappa shape index (κ2) is 12.1. The second-order valence-electron chi connectivity index (χ2n) is 6.75. The van der Waals surface area contributed by atoms with E-state index in [1.54, 1.807) is 6.92 Å². The van der Waals surface area contributed by atoms with Gasteiger partial charge in [-0.05, 0) is 49.6 Å². The van der Waals surface area contributed by atoms with E-state index in [2.05, 4.69) is 4.74 Å². The average molecular weight is 438 g/mol. The fourth-order valence-corrected chi connectivity index (χ4v) is 2.70. The average Bonchev–Trinajstić information content (AvgIpc) is 2.76. The van der Waals surface area contributed by atoms with Gasteiger partial charge in [0.1, 0.15) is 12.4 Å². The number of ketones is 1. The molecular weight excluding hydrogens is 413 g/mol. The van der Waals surface area contributed by atoms with Gasteiger partial charge in [-0.1, -0.05) is 30.3 Å². The molecule has 0 bridgehead atoms. The lowest BCUT2D eigenvalue weighted by atomic mass is 10.1. The topological polar surface area (TPSA) is 61.8 Å². The SMILES string of the molecule is CCOCCCCC(=O)[C@H](OC(=O)c1ccc(OCc2ccccc2)cc1)C(F)(F)F. The first-order valence-electron chi connectivity index (χ1n) is 9.96. The van der Waals surface area contributed by atoms with Gasteiger partial charge in [0.15, 0.2) is 5.78 Å². The summed E-state index contributed by atoms with van der Waals surface area (Å²) < 4.78 is 55.0. The highest BCUT2D eigenvalue weighted by Gasteiger charge is 2.47. The summed E-state index contributed by atoms with van der Waals surface area (Å²) in [5.74, 6) is -1.96. The Kier molecular flexibility index (Phi) is 9.52. The van der Waals surface area contributed by atoms with E-state index >= 15 is 0 Å². The van der Waals surface area contributed by atoms with E-state index in [9.17, 15) is 22.8 Å². The minimum Gasteiger partial charge on any atom is -0.489 e. The second-order valence-corrected chi connectivity index (χ2v) is 6.75. The van der Waals surface area contributed by atoms with Crippen LogP contribution in [0.1, 0.15) is 42.1 Å². The molecule has 0 aliphatic carbocycles. The maximum Gasteiger partial charge on any atom is 0.432 e. The number of benzene rings is 2. The number of Topliss-reactive ketones (excluding diaryl/α,β-unsaturated/α-hetero) is 1. The van der Waals surface area contributed by atoms with E-state index in [4.69, 9.17) is 9.47 Å². The van der Waals surface area contributed by atoms with Crippen molar-refractivity contribution in [1.29, 1.82) is 0 Å². The molecule has 5 nitrogen and oxygen atoms in total. The van der Waals surface area contributed by atoms with Gasteiger partial charge in [-0.2, -0.15) is 13.2 Å². The molecule has 0 N–H and O–H groups in total. The van der Waals surface area contributed by atoms with Crippen LogP contribution < -0.4 is 4.74 Å². The molecule has 168 valence electrons. The highest BCUT2D eigenvalue weighted by atomic mass is 19.4. The molecule has 0 saturated heterocycles. The normalized spacial score (nSPS) is 12.3. The molecule has 2 aromatic rings. The Hall–Kier alpha value is -2.87. The van der Waals surface area contributed by atoms with E-state index in [-0.39, 0.29) is 18.4 Å². The van der Waals surface area contributed by atoms with Crippen LogP contribution >= 0.6 is 0 Å². The number of unbranched alkanes of at least 4 members (excludes halogenated alkanes) is 1. The van der Waals surface area contributed by atoms with Crippen LogP contribution in [0, 0.1) is 0 Å². The summed E-state index contributed by atoms with van der Waals surface area (Å²) >= 11 is 0. The van der Waals surface area contributed by atoms with E-state index in [1.807, 2.05) is 30.3 Å². The fourth-order valence-electron chi connectivity index (χ4n) is 2.70. The molecule has 0 aliphatic heterocycles. The van der Waals surface area contributed by atoms with Gasteiger partial charge in [0.05, 0.1) is 5.56 Å². The number of carbonyl (C=O) groups is 2. The third kappa shape index (κ3) is 8.41. The molecule has 0 spiro atoms. The van der Waals surface area contributed by atoms with Crippen molar-refractivity contribution < 1.29 is 37.0 Å². The number of hydrogen-bond donors (Lipinski definition) is 0. The maximum atomic E-state index is 13.3. The van der Waals surface area contributed by atoms with E-state index in [1.165, 1.54) is 24.3 Å². The smallest absolute Gasteiger partial charge is 0.432 e. The van der Waals surface area contributed by atoms with Crippen LogP contribution in [0.25, 0.3) is 0 Å². The van der Waals surface area contributed by atoms with Gasteiger partial charge in [-0.15, -0.1) is 0 Å². The van der Waals surface area contributed by atoms with Gasteiger partial charge in [-0.25, -0.2) is 4.79 Å². The van der Waals surface area contributed by atoms with E-state index in [0.29, 0.717) is 32.0 Å². The lowest BCUT2D eigenvalue weighted by Gasteiger charge is -2.19. The number of hydrogen-bond acceptors (Lipinski definition) is 5. The molecule has 0 saturated carbocycles. The van der Waals surface area contributed by atoms with Gasteiger partial charge in [0, 0.05) is 19.6 Å². The van der Waals surface area contributed by atoms with Gasteiger partial charge in [0.2, 0.25) is 0 Å². The van der Waals surface area contributed by atoms with Crippen LogP contribution in [0.3, 0.4) is 0 Å². The van der Waals surface area contributed by atoms with Crippen LogP contribution in [0.15, 0.2) is 54.6 Å². The molecule has 0 heterocycles. The quantitative estimate of drug-likeness (QED) is 0.340. The molecule has 0 unspecified atom stereocenters. The van der Waals surface area contributed by atoms with Crippen LogP contribution in [0.4, 0.5) is 13.2 Å². The highest BCUT2D eigenvalue weighted by Crippen LogP contribution is 2.26. The summed E-state index contributed by atoms with van der Waals surface area (Å²) in [6, 6.07) is 14.9. The van der Waals surface area contributed by atoms with E-state index in [0.717, 1.165) is 5.56 Å². The monoisotopic (exact) mass is 438 g/mol. The highest BCUT2D eigenvalue weighted by molar-refractivity contribution is 5.93. The van der Waals surface area contributed by atoms with Crippen molar-refractivity contribution in [1.82, 2.24) is 0 Å². The first kappa shape index (κ1) is 24.4. The van der Waals surface area contributed by atoms with Gasteiger partial charge in [-0.3, -0.25) is 4.79 Å². The molecule has 2 rings (SSSR count). The molecule has 0 amide bonds. The van der Waals surface area contributed by atoms with Crippen LogP contribution in [-0.4, -0.2) is 37.2 Å². The molecular formula is C23H25F3O5. The van der Waals surface area contributed by atoms with Crippen molar-refractivity contribution in [2.75, 3.05) is 13.2 Å². The molecule has 31 heavy (non-hydrogen) atoms. The summed E-state index contributed by atoms with van der Waals surface area (Å²) in [5, 5.41) is 0. The molecule has 0 fully saturated rings. The lowest BCUT2D eigenvalue weighted by molar-refractivity contribution is -0.204. The van der Waals surface area contributed by atoms with Crippen LogP contribution in [-0.2, 0) is 20.9 Å². The predicted octanol–water partition coefficient (Wildman–Crippen LogP) is 5.13. The Bertz CT molecular complexity index is 819. The number of rotatable bonds is 12. The third-order valence-corrected chi connectivity index (χ3v) is 4.32. The number of esters is 1. The summed E-state index contributed by atoms with van der Waals surface area (Å²) in [5.41, 5.74) is 0.837. The van der Waals surface area contributed by atoms with Crippen molar-refractivity contribution >= 4 is 11.8 Å². The first-order chi connectivity index (χ1) is 14.8. The lowest BCUT2D eigenvalue weighted by Crippen LogP contribution is -2.40. The molecule has 0 aromatic heterocycles. The van der Waals surface area contributed by atoms with E-state index < -0.39 is 24.0 Å². The molecule has 1 atom stereocenters. The van der Waals surface area contributed by atoms with Crippen molar-refractivity contribution in [2.45, 2.75) is 45.1 Å². The van der Waals surface area contributed by atoms with Gasteiger partial charge < -0.3 is 14.2 Å². The van der Waals surface area contributed by atoms with Crippen LogP contribution in [0.2, 0.25) is 0 Å². The Morgan fingerprint density at radius 2 is 1.65 bits per heavy atom. The summed E-state index contributed by atoms with van der Waals surface area (Å²) in [7, 11) is 0. The number of alkyl halides is 3. The Morgan fingerprint density at radius 1 is 0.968 bits per heavy atom. The molecule has 0 radical (unpaired) electrons. The zero-order chi connectivity index (χ0) is 22.7. The molecule has 0 aliphatic rings. The number of halogens is 3. The van der Waals surface area contributed by atoms with Crippen molar-refractivity contribution in [3.8, 4) is 5.75 Å². The Morgan fingerprint density at radius 3 is 2.26 bits per heavy atom. The Labute approximate surface area is 179 Å². The van der Waals surface area contributed by atoms with Gasteiger partial charge >= 0.3 is 12.1 Å². The van der Waals surface area contributed by atoms with Crippen molar-refractivity contribution in [3.05, 3.63) is 65.7 Å². The summed E-state index contributed by atoms with van der Waals surface area (Å²) in [4.78, 5) is 24.2. The minimum absolute atomic E-state index is 0.106. The standard InChI is InChI=1S/C23H25F3O5/c1-2-29-15-7-6-10-20(27)21(23(24,25)26)31-22(28)18-11-13-19(14-12-18)30-16-17-8-4-3-5-9-17/h3-5,8-9,11-14,21H,2,6-7,10,15-16H2,1H3/t21-/m0/s1. The van der Waals surface area contributed by atoms with Gasteiger partial charge in [0.25, 0.3) is 6.10 Å². The molecule has 8 heteroatoms. The summed E-state index contributed by atoms with van der Waals surface area (Å²) in [6.07, 6.45) is -7.46. The zero-order valence-electron chi connectivity index (χ0n) is 17.2. The summed E-state index contributed by atoms with van der Waals surface area (Å²) in [6.45, 7) is 2.95. The minimum atomic E-state index is -4.98. The molecule has 2 aromatic carbocycles. The predicted molar refractivity (Wildman–Crippen MR) is 108 cm³/mol. The van der Waals surface area contributed by atoms with Crippen LogP contribution in [0.5, 0.6) is 5.75 Å². The fraction of sp³-hybridized carbons (Fsp3) is 0.391. The number of ether oxygens (including phenoxy) is 3. The van der Waals surface area contributed by atoms with Crippen molar-refractivity contribution in [2.24, 2.45) is 0 Å². The van der Waals surface area contributed by atoms with Crippen molar-refractivity contribution in [3.63, 3.8) is 0 Å². The Balaban J connectivity index is 1.92. The first-order valence-corrected chi connectivity index (χ1v) is 9.96.